The van der Waals surface area contributed by atoms with E-state index >= 15 is 0 Å². The van der Waals surface area contributed by atoms with Crippen molar-refractivity contribution in [3.8, 4) is 0 Å². The lowest BCUT2D eigenvalue weighted by Gasteiger charge is -2.31. The van der Waals surface area contributed by atoms with Gasteiger partial charge in [0.15, 0.2) is 0 Å². The summed E-state index contributed by atoms with van der Waals surface area (Å²) in [4.78, 5) is 27.5. The summed E-state index contributed by atoms with van der Waals surface area (Å²) in [5.41, 5.74) is 1.22. The van der Waals surface area contributed by atoms with Gasteiger partial charge in [0.1, 0.15) is 0 Å². The molecule has 1 fully saturated rings. The molecule has 0 saturated carbocycles. The Morgan fingerprint density at radius 3 is 2.56 bits per heavy atom. The second-order valence-electron chi connectivity index (χ2n) is 6.39. The molecule has 6 heteroatoms. The molecule has 1 N–H and O–H groups in total. The summed E-state index contributed by atoms with van der Waals surface area (Å²) in [5, 5.41) is 2.96. The molecule has 138 valence electrons. The van der Waals surface area contributed by atoms with Gasteiger partial charge in [0.25, 0.3) is 0 Å². The predicted octanol–water partition coefficient (Wildman–Crippen LogP) is 2.48. The van der Waals surface area contributed by atoms with E-state index in [0.717, 1.165) is 24.2 Å². The highest BCUT2D eigenvalue weighted by atomic mass is 32.2. The lowest BCUT2D eigenvalue weighted by Crippen LogP contribution is -2.43. The van der Waals surface area contributed by atoms with Crippen molar-refractivity contribution in [1.82, 2.24) is 10.2 Å². The number of rotatable bonds is 8. The monoisotopic (exact) mass is 364 g/mol. The molecule has 1 saturated heterocycles. The fraction of sp³-hybridized carbons (Fsp3) is 0.579. The molecular weight excluding hydrogens is 336 g/mol. The van der Waals surface area contributed by atoms with Gasteiger partial charge in [-0.25, -0.2) is 0 Å². The third-order valence-corrected chi connectivity index (χ3v) is 5.42. The normalized spacial score (nSPS) is 15.2. The predicted molar refractivity (Wildman–Crippen MR) is 101 cm³/mol. The zero-order valence-corrected chi connectivity index (χ0v) is 15.9. The highest BCUT2D eigenvalue weighted by Crippen LogP contribution is 2.21. The van der Waals surface area contributed by atoms with Crippen LogP contribution >= 0.6 is 11.8 Å². The number of thioether (sulfide) groups is 1. The number of carbonyl (C=O) groups is 2. The maximum absolute atomic E-state index is 12.3. The molecule has 0 spiro atoms. The third-order valence-electron chi connectivity index (χ3n) is 4.43. The van der Waals surface area contributed by atoms with Gasteiger partial charge in [-0.3, -0.25) is 9.59 Å². The highest BCUT2D eigenvalue weighted by Gasteiger charge is 2.26. The van der Waals surface area contributed by atoms with Gasteiger partial charge in [-0.05, 0) is 38.3 Å². The Morgan fingerprint density at radius 1 is 1.24 bits per heavy atom. The molecule has 1 heterocycles. The maximum atomic E-state index is 12.3. The van der Waals surface area contributed by atoms with E-state index in [9.17, 15) is 9.59 Å². The zero-order chi connectivity index (χ0) is 18.1. The van der Waals surface area contributed by atoms with Crippen LogP contribution in [0.2, 0.25) is 0 Å². The topological polar surface area (TPSA) is 58.6 Å². The summed E-state index contributed by atoms with van der Waals surface area (Å²) < 4.78 is 4.97. The van der Waals surface area contributed by atoms with Crippen LogP contribution in [-0.4, -0.2) is 55.8 Å². The number of hydrogen-bond donors (Lipinski definition) is 1. The van der Waals surface area contributed by atoms with Gasteiger partial charge >= 0.3 is 0 Å². The van der Waals surface area contributed by atoms with Gasteiger partial charge in [0.05, 0.1) is 5.75 Å². The van der Waals surface area contributed by atoms with E-state index in [-0.39, 0.29) is 17.7 Å². The molecular formula is C19H28N2O3S. The maximum Gasteiger partial charge on any atom is 0.232 e. The molecule has 0 aromatic heterocycles. The summed E-state index contributed by atoms with van der Waals surface area (Å²) >= 11 is 1.57. The molecule has 0 unspecified atom stereocenters. The van der Waals surface area contributed by atoms with Crippen molar-refractivity contribution in [3.05, 3.63) is 29.8 Å². The van der Waals surface area contributed by atoms with Gasteiger partial charge in [-0.15, -0.1) is 11.8 Å². The Hall–Kier alpha value is -1.53. The number of amides is 2. The van der Waals surface area contributed by atoms with Crippen LogP contribution in [0.25, 0.3) is 0 Å². The second kappa shape index (κ2) is 10.5. The highest BCUT2D eigenvalue weighted by molar-refractivity contribution is 8.00. The van der Waals surface area contributed by atoms with Gasteiger partial charge in [0.2, 0.25) is 11.8 Å². The fourth-order valence-electron chi connectivity index (χ4n) is 2.83. The summed E-state index contributed by atoms with van der Waals surface area (Å²) in [6.07, 6.45) is 2.32. The number of benzene rings is 1. The van der Waals surface area contributed by atoms with Gasteiger partial charge in [-0.2, -0.15) is 0 Å². The number of likely N-dealkylation sites (tertiary alicyclic amines) is 1. The average molecular weight is 365 g/mol. The van der Waals surface area contributed by atoms with E-state index in [1.165, 1.54) is 5.56 Å². The molecule has 5 nitrogen and oxygen atoms in total. The SMILES string of the molecule is COCCCNC(=O)C1CCN(C(=O)CSc2ccc(C)cc2)CC1. The van der Waals surface area contributed by atoms with Gasteiger partial charge in [0, 0.05) is 44.2 Å². The van der Waals surface area contributed by atoms with Gasteiger partial charge < -0.3 is 15.0 Å². The first-order chi connectivity index (χ1) is 12.1. The molecule has 0 bridgehead atoms. The van der Waals surface area contributed by atoms with Gasteiger partial charge in [-0.1, -0.05) is 17.7 Å². The van der Waals surface area contributed by atoms with Crippen molar-refractivity contribution < 1.29 is 14.3 Å². The smallest absolute Gasteiger partial charge is 0.232 e. The lowest BCUT2D eigenvalue weighted by molar-refractivity contribution is -0.133. The van der Waals surface area contributed by atoms with Crippen LogP contribution in [-0.2, 0) is 14.3 Å². The quantitative estimate of drug-likeness (QED) is 0.569. The fourth-order valence-corrected chi connectivity index (χ4v) is 3.64. The summed E-state index contributed by atoms with van der Waals surface area (Å²) in [5.74, 6) is 0.745. The van der Waals surface area contributed by atoms with Crippen molar-refractivity contribution in [2.75, 3.05) is 39.1 Å². The van der Waals surface area contributed by atoms with Crippen LogP contribution in [0.3, 0.4) is 0 Å². The summed E-state index contributed by atoms with van der Waals surface area (Å²) in [7, 11) is 1.66. The van der Waals surface area contributed by atoms with Crippen molar-refractivity contribution in [1.29, 1.82) is 0 Å². The van der Waals surface area contributed by atoms with E-state index in [0.29, 0.717) is 32.0 Å². The van der Waals surface area contributed by atoms with Crippen LogP contribution in [0.1, 0.15) is 24.8 Å². The van der Waals surface area contributed by atoms with E-state index < -0.39 is 0 Å². The summed E-state index contributed by atoms with van der Waals surface area (Å²) in [6.45, 7) is 4.70. The molecule has 0 aliphatic carbocycles. The van der Waals surface area contributed by atoms with Crippen LogP contribution in [0.15, 0.2) is 29.2 Å². The number of methoxy groups -OCH3 is 1. The standard InChI is InChI=1S/C19H28N2O3S/c1-15-4-6-17(7-5-15)25-14-18(22)21-11-8-16(9-12-21)19(23)20-10-3-13-24-2/h4-7,16H,3,8-14H2,1-2H3,(H,20,23). The van der Waals surface area contributed by atoms with Crippen molar-refractivity contribution in [2.24, 2.45) is 5.92 Å². The molecule has 2 amide bonds. The molecule has 25 heavy (non-hydrogen) atoms. The Balaban J connectivity index is 1.67. The zero-order valence-electron chi connectivity index (χ0n) is 15.1. The van der Waals surface area contributed by atoms with E-state index in [1.807, 2.05) is 17.0 Å². The number of nitrogens with zero attached hydrogens (tertiary/aromatic N) is 1. The van der Waals surface area contributed by atoms with Crippen LogP contribution in [0.5, 0.6) is 0 Å². The summed E-state index contributed by atoms with van der Waals surface area (Å²) in [6, 6.07) is 8.22. The lowest BCUT2D eigenvalue weighted by atomic mass is 9.96. The Labute approximate surface area is 154 Å². The minimum atomic E-state index is 0.0244. The molecule has 1 aliphatic rings. The first-order valence-corrected chi connectivity index (χ1v) is 9.82. The number of hydrogen-bond acceptors (Lipinski definition) is 4. The average Bonchev–Trinajstić information content (AvgIpc) is 2.64. The molecule has 2 rings (SSSR count). The number of carbonyl (C=O) groups excluding carboxylic acids is 2. The largest absolute Gasteiger partial charge is 0.385 e. The van der Waals surface area contributed by atoms with Crippen LogP contribution in [0, 0.1) is 12.8 Å². The third kappa shape index (κ3) is 6.71. The van der Waals surface area contributed by atoms with E-state index in [2.05, 4.69) is 24.4 Å². The minimum Gasteiger partial charge on any atom is -0.385 e. The Morgan fingerprint density at radius 2 is 1.92 bits per heavy atom. The number of ether oxygens (including phenoxy) is 1. The number of piperidine rings is 1. The van der Waals surface area contributed by atoms with Crippen molar-refractivity contribution in [3.63, 3.8) is 0 Å². The first-order valence-electron chi connectivity index (χ1n) is 8.84. The Bertz CT molecular complexity index is 554. The second-order valence-corrected chi connectivity index (χ2v) is 7.44. The molecule has 1 aromatic carbocycles. The number of aryl methyl sites for hydroxylation is 1. The molecule has 0 radical (unpaired) electrons. The van der Waals surface area contributed by atoms with Crippen molar-refractivity contribution >= 4 is 23.6 Å². The van der Waals surface area contributed by atoms with E-state index in [4.69, 9.17) is 4.74 Å². The molecule has 1 aliphatic heterocycles. The van der Waals surface area contributed by atoms with E-state index in [1.54, 1.807) is 18.9 Å². The van der Waals surface area contributed by atoms with Crippen LogP contribution < -0.4 is 5.32 Å². The van der Waals surface area contributed by atoms with Crippen molar-refractivity contribution in [2.45, 2.75) is 31.1 Å². The Kier molecular flexibility index (Phi) is 8.28. The number of nitrogens with one attached hydrogen (secondary N) is 1. The first kappa shape index (κ1) is 19.8. The minimum absolute atomic E-state index is 0.0244. The van der Waals surface area contributed by atoms with Crippen LogP contribution in [0.4, 0.5) is 0 Å². The molecule has 0 atom stereocenters. The molecule has 1 aromatic rings.